The minimum absolute atomic E-state index is 0.0452. The number of carboxylic acids is 1. The predicted molar refractivity (Wildman–Crippen MR) is 83.8 cm³/mol. The number of amides is 1. The first kappa shape index (κ1) is 20.2. The van der Waals surface area contributed by atoms with Crippen molar-refractivity contribution in [1.29, 1.82) is 0 Å². The van der Waals surface area contributed by atoms with Gasteiger partial charge in [0.1, 0.15) is 6.04 Å². The summed E-state index contributed by atoms with van der Waals surface area (Å²) in [5.74, 6) is -1.00. The Kier molecular flexibility index (Phi) is 9.63. The third-order valence-electron chi connectivity index (χ3n) is 2.78. The van der Waals surface area contributed by atoms with Gasteiger partial charge in [-0.3, -0.25) is 9.59 Å². The van der Waals surface area contributed by atoms with Crippen molar-refractivity contribution in [2.75, 3.05) is 24.3 Å². The summed E-state index contributed by atoms with van der Waals surface area (Å²) in [5, 5.41) is 11.3. The summed E-state index contributed by atoms with van der Waals surface area (Å²) < 4.78 is 25.5. The topological polar surface area (TPSA) is 113 Å². The molecule has 9 heteroatoms. The van der Waals surface area contributed by atoms with Crippen LogP contribution < -0.4 is 10.0 Å². The standard InChI is InChI=1S/C12H24N2O5S2/c1-4-21(18,19)14-10(5-6-20-3)12(17)13-8-9(2)7-11(15)16/h9-10,14H,4-8H2,1-3H3,(H,13,17)(H,15,16). The number of aliphatic carboxylic acids is 1. The van der Waals surface area contributed by atoms with Crippen LogP contribution in [0, 0.1) is 5.92 Å². The molecule has 0 aromatic carbocycles. The van der Waals surface area contributed by atoms with Gasteiger partial charge >= 0.3 is 5.97 Å². The Hall–Kier alpha value is -0.800. The predicted octanol–water partition coefficient (Wildman–Crippen LogP) is 0.274. The molecule has 0 saturated carbocycles. The van der Waals surface area contributed by atoms with Crippen molar-refractivity contribution in [3.05, 3.63) is 0 Å². The van der Waals surface area contributed by atoms with E-state index in [4.69, 9.17) is 5.11 Å². The molecule has 0 spiro atoms. The Morgan fingerprint density at radius 2 is 1.95 bits per heavy atom. The number of carboxylic acid groups (broad SMARTS) is 1. The molecule has 2 unspecified atom stereocenters. The minimum Gasteiger partial charge on any atom is -0.481 e. The smallest absolute Gasteiger partial charge is 0.303 e. The molecule has 0 aromatic rings. The first-order valence-corrected chi connectivity index (χ1v) is 9.74. The lowest BCUT2D eigenvalue weighted by molar-refractivity contribution is -0.138. The van der Waals surface area contributed by atoms with E-state index < -0.39 is 27.9 Å². The zero-order valence-corrected chi connectivity index (χ0v) is 14.2. The minimum atomic E-state index is -3.47. The molecular formula is C12H24N2O5S2. The molecule has 0 aliphatic carbocycles. The molecule has 0 aromatic heterocycles. The van der Waals surface area contributed by atoms with Crippen LogP contribution in [0.25, 0.3) is 0 Å². The van der Waals surface area contributed by atoms with Crippen LogP contribution in [-0.2, 0) is 19.6 Å². The van der Waals surface area contributed by atoms with Gasteiger partial charge in [0.15, 0.2) is 0 Å². The summed E-state index contributed by atoms with van der Waals surface area (Å²) in [6.07, 6.45) is 2.22. The van der Waals surface area contributed by atoms with Gasteiger partial charge < -0.3 is 10.4 Å². The lowest BCUT2D eigenvalue weighted by Gasteiger charge is -2.19. The van der Waals surface area contributed by atoms with Gasteiger partial charge in [-0.15, -0.1) is 0 Å². The van der Waals surface area contributed by atoms with Crippen LogP contribution in [0.2, 0.25) is 0 Å². The van der Waals surface area contributed by atoms with Crippen molar-refractivity contribution in [1.82, 2.24) is 10.0 Å². The van der Waals surface area contributed by atoms with Crippen LogP contribution in [0.5, 0.6) is 0 Å². The molecule has 0 bridgehead atoms. The normalized spacial score (nSPS) is 14.4. The van der Waals surface area contributed by atoms with Crippen molar-refractivity contribution < 1.29 is 23.1 Å². The summed E-state index contributed by atoms with van der Waals surface area (Å²) in [6.45, 7) is 3.41. The molecule has 21 heavy (non-hydrogen) atoms. The molecule has 0 aliphatic heterocycles. The van der Waals surface area contributed by atoms with Gasteiger partial charge in [-0.05, 0) is 31.3 Å². The Bertz CT molecular complexity index is 439. The average molecular weight is 340 g/mol. The summed E-state index contributed by atoms with van der Waals surface area (Å²) in [7, 11) is -3.47. The number of sulfonamides is 1. The molecule has 0 fully saturated rings. The van der Waals surface area contributed by atoms with Crippen molar-refractivity contribution >= 4 is 33.7 Å². The maximum atomic E-state index is 12.0. The summed E-state index contributed by atoms with van der Waals surface area (Å²) in [4.78, 5) is 22.6. The first-order chi connectivity index (χ1) is 9.71. The molecule has 1 amide bonds. The number of hydrogen-bond acceptors (Lipinski definition) is 5. The van der Waals surface area contributed by atoms with E-state index in [2.05, 4.69) is 10.0 Å². The van der Waals surface area contributed by atoms with Crippen LogP contribution in [0.1, 0.15) is 26.7 Å². The van der Waals surface area contributed by atoms with Gasteiger partial charge in [-0.25, -0.2) is 13.1 Å². The maximum absolute atomic E-state index is 12.0. The molecule has 3 N–H and O–H groups in total. The van der Waals surface area contributed by atoms with Crippen molar-refractivity contribution in [2.24, 2.45) is 5.92 Å². The second-order valence-electron chi connectivity index (χ2n) is 4.80. The van der Waals surface area contributed by atoms with Crippen molar-refractivity contribution in [2.45, 2.75) is 32.7 Å². The van der Waals surface area contributed by atoms with E-state index >= 15 is 0 Å². The third kappa shape index (κ3) is 9.70. The monoisotopic (exact) mass is 340 g/mol. The highest BCUT2D eigenvalue weighted by Crippen LogP contribution is 2.04. The largest absolute Gasteiger partial charge is 0.481 e. The fraction of sp³-hybridized carbons (Fsp3) is 0.833. The molecule has 0 rings (SSSR count). The Labute approximate surface area is 130 Å². The summed E-state index contributed by atoms with van der Waals surface area (Å²) in [6, 6.07) is -0.820. The van der Waals surface area contributed by atoms with Gasteiger partial charge in [0.2, 0.25) is 15.9 Å². The Balaban J connectivity index is 4.54. The molecule has 0 saturated heterocycles. The Morgan fingerprint density at radius 1 is 1.33 bits per heavy atom. The summed E-state index contributed by atoms with van der Waals surface area (Å²) >= 11 is 1.52. The van der Waals surface area contributed by atoms with E-state index in [1.165, 1.54) is 18.7 Å². The number of rotatable bonds is 11. The third-order valence-corrected chi connectivity index (χ3v) is 4.82. The molecule has 0 radical (unpaired) electrons. The molecular weight excluding hydrogens is 316 g/mol. The molecule has 0 aliphatic rings. The first-order valence-electron chi connectivity index (χ1n) is 6.70. The van der Waals surface area contributed by atoms with E-state index in [1.54, 1.807) is 6.92 Å². The lowest BCUT2D eigenvalue weighted by atomic mass is 10.1. The van der Waals surface area contributed by atoms with Crippen molar-refractivity contribution in [3.8, 4) is 0 Å². The van der Waals surface area contributed by atoms with Gasteiger partial charge in [0.25, 0.3) is 0 Å². The van der Waals surface area contributed by atoms with Crippen molar-refractivity contribution in [3.63, 3.8) is 0 Å². The van der Waals surface area contributed by atoms with Crippen LogP contribution in [0.15, 0.2) is 0 Å². The van der Waals surface area contributed by atoms with Crippen LogP contribution in [0.3, 0.4) is 0 Å². The van der Waals surface area contributed by atoms with E-state index in [0.717, 1.165) is 0 Å². The zero-order valence-electron chi connectivity index (χ0n) is 12.6. The number of thioether (sulfide) groups is 1. The fourth-order valence-electron chi connectivity index (χ4n) is 1.55. The molecule has 124 valence electrons. The zero-order chi connectivity index (χ0) is 16.5. The van der Waals surface area contributed by atoms with E-state index in [1.807, 2.05) is 6.26 Å². The van der Waals surface area contributed by atoms with Crippen LogP contribution >= 0.6 is 11.8 Å². The molecule has 2 atom stereocenters. The van der Waals surface area contributed by atoms with E-state index in [9.17, 15) is 18.0 Å². The quantitative estimate of drug-likeness (QED) is 0.498. The number of hydrogen-bond donors (Lipinski definition) is 3. The fourth-order valence-corrected chi connectivity index (χ4v) is 2.84. The highest BCUT2D eigenvalue weighted by molar-refractivity contribution is 7.98. The van der Waals surface area contributed by atoms with E-state index in [-0.39, 0.29) is 24.6 Å². The summed E-state index contributed by atoms with van der Waals surface area (Å²) in [5.41, 5.74) is 0. The number of carbonyl (C=O) groups is 2. The van der Waals surface area contributed by atoms with Gasteiger partial charge in [-0.2, -0.15) is 11.8 Å². The number of nitrogens with one attached hydrogen (secondary N) is 2. The molecule has 7 nitrogen and oxygen atoms in total. The number of carbonyl (C=O) groups excluding carboxylic acids is 1. The Morgan fingerprint density at radius 3 is 2.43 bits per heavy atom. The van der Waals surface area contributed by atoms with Gasteiger partial charge in [-0.1, -0.05) is 6.92 Å². The second kappa shape index (κ2) is 10.0. The highest BCUT2D eigenvalue weighted by Gasteiger charge is 2.23. The molecule has 0 heterocycles. The van der Waals surface area contributed by atoms with Crippen LogP contribution in [-0.4, -0.2) is 55.7 Å². The van der Waals surface area contributed by atoms with Gasteiger partial charge in [0.05, 0.1) is 5.75 Å². The maximum Gasteiger partial charge on any atom is 0.303 e. The second-order valence-corrected chi connectivity index (χ2v) is 7.83. The SMILES string of the molecule is CCS(=O)(=O)NC(CCSC)C(=O)NCC(C)CC(=O)O. The van der Waals surface area contributed by atoms with E-state index in [0.29, 0.717) is 12.2 Å². The lowest BCUT2D eigenvalue weighted by Crippen LogP contribution is -2.48. The average Bonchev–Trinajstić information content (AvgIpc) is 2.40. The van der Waals surface area contributed by atoms with Gasteiger partial charge in [0, 0.05) is 13.0 Å². The van der Waals surface area contributed by atoms with Crippen LogP contribution in [0.4, 0.5) is 0 Å². The highest BCUT2D eigenvalue weighted by atomic mass is 32.2.